The van der Waals surface area contributed by atoms with Crippen molar-refractivity contribution >= 4 is 34.2 Å². The molecule has 3 aromatic rings. The molecule has 0 saturated carbocycles. The van der Waals surface area contributed by atoms with Crippen LogP contribution in [-0.4, -0.2) is 27.5 Å². The van der Waals surface area contributed by atoms with E-state index in [2.05, 4.69) is 15.6 Å². The average Bonchev–Trinajstić information content (AvgIpc) is 2.65. The van der Waals surface area contributed by atoms with Crippen LogP contribution in [0, 0.1) is 0 Å². The van der Waals surface area contributed by atoms with Crippen LogP contribution in [0.25, 0.3) is 11.0 Å². The van der Waals surface area contributed by atoms with Gasteiger partial charge in [0.25, 0.3) is 11.5 Å². The molecule has 1 aromatic heterocycles. The molecule has 2 heterocycles. The third-order valence-electron chi connectivity index (χ3n) is 4.25. The van der Waals surface area contributed by atoms with E-state index in [0.29, 0.717) is 28.2 Å². The van der Waals surface area contributed by atoms with Crippen LogP contribution in [0.15, 0.2) is 53.5 Å². The Balaban J connectivity index is 1.56. The molecule has 136 valence electrons. The SMILES string of the molecule is C[C@H]1Oc2ccc(NC(=O)Cn3c(=O)cnc4ccccc43)cc2NC1=O. The summed E-state index contributed by atoms with van der Waals surface area (Å²) in [6.45, 7) is 1.50. The number of nitrogens with zero attached hydrogens (tertiary/aromatic N) is 2. The van der Waals surface area contributed by atoms with Gasteiger partial charge < -0.3 is 15.4 Å². The predicted molar refractivity (Wildman–Crippen MR) is 99.8 cm³/mol. The Kier molecular flexibility index (Phi) is 4.08. The van der Waals surface area contributed by atoms with Gasteiger partial charge in [0, 0.05) is 5.69 Å². The molecule has 2 aromatic carbocycles. The largest absolute Gasteiger partial charge is 0.479 e. The molecule has 2 N–H and O–H groups in total. The van der Waals surface area contributed by atoms with Crippen molar-refractivity contribution in [3.8, 4) is 5.75 Å². The molecule has 0 fully saturated rings. The van der Waals surface area contributed by atoms with Crippen molar-refractivity contribution in [2.45, 2.75) is 19.6 Å². The number of ether oxygens (including phenoxy) is 1. The second kappa shape index (κ2) is 6.56. The van der Waals surface area contributed by atoms with E-state index in [-0.39, 0.29) is 23.9 Å². The fourth-order valence-corrected chi connectivity index (χ4v) is 2.91. The lowest BCUT2D eigenvalue weighted by atomic mass is 10.2. The van der Waals surface area contributed by atoms with E-state index >= 15 is 0 Å². The number of carbonyl (C=O) groups excluding carboxylic acids is 2. The highest BCUT2D eigenvalue weighted by Crippen LogP contribution is 2.32. The molecule has 4 rings (SSSR count). The van der Waals surface area contributed by atoms with E-state index in [9.17, 15) is 14.4 Å². The molecule has 1 atom stereocenters. The summed E-state index contributed by atoms with van der Waals surface area (Å²) in [4.78, 5) is 40.4. The van der Waals surface area contributed by atoms with Gasteiger partial charge in [-0.3, -0.25) is 19.0 Å². The first-order valence-electron chi connectivity index (χ1n) is 8.37. The van der Waals surface area contributed by atoms with E-state index in [0.717, 1.165) is 0 Å². The molecule has 0 saturated heterocycles. The van der Waals surface area contributed by atoms with Gasteiger partial charge >= 0.3 is 0 Å². The van der Waals surface area contributed by atoms with Crippen LogP contribution in [0.2, 0.25) is 0 Å². The summed E-state index contributed by atoms with van der Waals surface area (Å²) in [5.74, 6) is -0.0814. The molecule has 0 unspecified atom stereocenters. The van der Waals surface area contributed by atoms with Crippen molar-refractivity contribution in [3.63, 3.8) is 0 Å². The number of nitrogens with one attached hydrogen (secondary N) is 2. The van der Waals surface area contributed by atoms with Crippen molar-refractivity contribution in [1.29, 1.82) is 0 Å². The van der Waals surface area contributed by atoms with Gasteiger partial charge in [0.05, 0.1) is 22.9 Å². The van der Waals surface area contributed by atoms with Crippen molar-refractivity contribution in [1.82, 2.24) is 9.55 Å². The van der Waals surface area contributed by atoms with Crippen LogP contribution in [0.3, 0.4) is 0 Å². The van der Waals surface area contributed by atoms with Gasteiger partial charge in [-0.05, 0) is 37.3 Å². The molecule has 2 amide bonds. The molecule has 0 radical (unpaired) electrons. The van der Waals surface area contributed by atoms with Crippen LogP contribution in [0.1, 0.15) is 6.92 Å². The minimum absolute atomic E-state index is 0.154. The lowest BCUT2D eigenvalue weighted by molar-refractivity contribution is -0.122. The Morgan fingerprint density at radius 2 is 2.07 bits per heavy atom. The van der Waals surface area contributed by atoms with Gasteiger partial charge in [-0.25, -0.2) is 4.98 Å². The smallest absolute Gasteiger partial charge is 0.269 e. The quantitative estimate of drug-likeness (QED) is 0.737. The van der Waals surface area contributed by atoms with Gasteiger partial charge in [0.15, 0.2) is 6.10 Å². The fraction of sp³-hybridized carbons (Fsp3) is 0.158. The number of hydrogen-bond donors (Lipinski definition) is 2. The predicted octanol–water partition coefficient (Wildman–Crippen LogP) is 1.75. The van der Waals surface area contributed by atoms with E-state index in [1.807, 2.05) is 6.07 Å². The topological polar surface area (TPSA) is 102 Å². The van der Waals surface area contributed by atoms with Crippen molar-refractivity contribution < 1.29 is 14.3 Å². The van der Waals surface area contributed by atoms with E-state index in [1.54, 1.807) is 43.3 Å². The Bertz CT molecular complexity index is 1120. The van der Waals surface area contributed by atoms with E-state index in [4.69, 9.17) is 4.74 Å². The molecule has 8 nitrogen and oxygen atoms in total. The number of benzene rings is 2. The van der Waals surface area contributed by atoms with E-state index < -0.39 is 6.10 Å². The molecule has 8 heteroatoms. The molecular weight excluding hydrogens is 348 g/mol. The highest BCUT2D eigenvalue weighted by atomic mass is 16.5. The van der Waals surface area contributed by atoms with Crippen LogP contribution in [0.4, 0.5) is 11.4 Å². The average molecular weight is 364 g/mol. The first kappa shape index (κ1) is 16.8. The zero-order chi connectivity index (χ0) is 19.0. The summed E-state index contributed by atoms with van der Waals surface area (Å²) < 4.78 is 6.85. The number of amides is 2. The maximum atomic E-state index is 12.5. The Morgan fingerprint density at radius 1 is 1.26 bits per heavy atom. The Hall–Kier alpha value is -3.68. The lowest BCUT2D eigenvalue weighted by Gasteiger charge is -2.23. The summed E-state index contributed by atoms with van der Waals surface area (Å²) in [5.41, 5.74) is 1.84. The third-order valence-corrected chi connectivity index (χ3v) is 4.25. The summed E-state index contributed by atoms with van der Waals surface area (Å²) in [5, 5.41) is 5.46. The number of fused-ring (bicyclic) bond motifs is 2. The molecule has 1 aliphatic rings. The highest BCUT2D eigenvalue weighted by molar-refractivity contribution is 5.99. The second-order valence-corrected chi connectivity index (χ2v) is 6.18. The molecule has 0 aliphatic carbocycles. The van der Waals surface area contributed by atoms with Crippen LogP contribution in [-0.2, 0) is 16.1 Å². The van der Waals surface area contributed by atoms with Gasteiger partial charge in [-0.15, -0.1) is 0 Å². The maximum Gasteiger partial charge on any atom is 0.269 e. The zero-order valence-electron chi connectivity index (χ0n) is 14.4. The Morgan fingerprint density at radius 3 is 2.93 bits per heavy atom. The summed E-state index contributed by atoms with van der Waals surface area (Å²) >= 11 is 0. The Labute approximate surface area is 153 Å². The molecule has 27 heavy (non-hydrogen) atoms. The summed E-state index contributed by atoms with van der Waals surface area (Å²) in [6, 6.07) is 12.1. The fourth-order valence-electron chi connectivity index (χ4n) is 2.91. The number of aromatic nitrogens is 2. The number of para-hydroxylation sites is 2. The third kappa shape index (κ3) is 3.24. The number of carbonyl (C=O) groups is 2. The van der Waals surface area contributed by atoms with Crippen molar-refractivity contribution in [3.05, 3.63) is 59.0 Å². The van der Waals surface area contributed by atoms with E-state index in [1.165, 1.54) is 10.8 Å². The molecular formula is C19H16N4O4. The number of anilines is 2. The summed E-state index contributed by atoms with van der Waals surface area (Å²) in [7, 11) is 0. The first-order chi connectivity index (χ1) is 13.0. The van der Waals surface area contributed by atoms with Gasteiger partial charge in [0.2, 0.25) is 5.91 Å². The van der Waals surface area contributed by atoms with Crippen molar-refractivity contribution in [2.24, 2.45) is 0 Å². The number of rotatable bonds is 3. The molecule has 1 aliphatic heterocycles. The van der Waals surface area contributed by atoms with Gasteiger partial charge in [-0.1, -0.05) is 12.1 Å². The second-order valence-electron chi connectivity index (χ2n) is 6.18. The minimum atomic E-state index is -0.565. The van der Waals surface area contributed by atoms with Crippen LogP contribution < -0.4 is 20.9 Å². The van der Waals surface area contributed by atoms with Crippen molar-refractivity contribution in [2.75, 3.05) is 10.6 Å². The van der Waals surface area contributed by atoms with Crippen LogP contribution in [0.5, 0.6) is 5.75 Å². The zero-order valence-corrected chi connectivity index (χ0v) is 14.4. The standard InChI is InChI=1S/C19H16N4O4/c1-11-19(26)22-14-8-12(6-7-16(14)27-11)21-17(24)10-23-15-5-3-2-4-13(15)20-9-18(23)25/h2-9,11H,10H2,1H3,(H,21,24)(H,22,26)/t11-/m1/s1. The normalized spacial score (nSPS) is 15.6. The molecule has 0 bridgehead atoms. The maximum absolute atomic E-state index is 12.5. The highest BCUT2D eigenvalue weighted by Gasteiger charge is 2.23. The molecule has 0 spiro atoms. The van der Waals surface area contributed by atoms with Gasteiger partial charge in [0.1, 0.15) is 12.3 Å². The minimum Gasteiger partial charge on any atom is -0.479 e. The lowest BCUT2D eigenvalue weighted by Crippen LogP contribution is -2.34. The monoisotopic (exact) mass is 364 g/mol. The summed E-state index contributed by atoms with van der Waals surface area (Å²) in [6.07, 6.45) is 0.632. The van der Waals surface area contributed by atoms with Crippen LogP contribution >= 0.6 is 0 Å². The number of hydrogen-bond acceptors (Lipinski definition) is 5. The first-order valence-corrected chi connectivity index (χ1v) is 8.37. The van der Waals surface area contributed by atoms with Gasteiger partial charge in [-0.2, -0.15) is 0 Å².